The summed E-state index contributed by atoms with van der Waals surface area (Å²) in [5, 5.41) is 5.97. The molecule has 0 saturated carbocycles. The van der Waals surface area contributed by atoms with Gasteiger partial charge < -0.3 is 15.4 Å². The Hall–Kier alpha value is -3.67. The highest BCUT2D eigenvalue weighted by Crippen LogP contribution is 2.20. The van der Waals surface area contributed by atoms with Crippen LogP contribution < -0.4 is 10.6 Å². The number of methoxy groups -OCH3 is 1. The molecule has 0 radical (unpaired) electrons. The Morgan fingerprint density at radius 3 is 2.36 bits per heavy atom. The minimum atomic E-state index is -0.517. The van der Waals surface area contributed by atoms with Gasteiger partial charge in [-0.2, -0.15) is 0 Å². The number of hydrogen-bond acceptors (Lipinski definition) is 5. The van der Waals surface area contributed by atoms with E-state index in [4.69, 9.17) is 4.74 Å². The van der Waals surface area contributed by atoms with Gasteiger partial charge in [0.25, 0.3) is 5.91 Å². The van der Waals surface area contributed by atoms with E-state index in [1.807, 2.05) is 12.1 Å². The number of aromatic nitrogens is 1. The van der Waals surface area contributed by atoms with E-state index in [1.54, 1.807) is 42.6 Å². The molecule has 1 aromatic heterocycles. The molecule has 3 rings (SSSR count). The van der Waals surface area contributed by atoms with Crippen molar-refractivity contribution < 1.29 is 14.3 Å². The van der Waals surface area contributed by atoms with Crippen LogP contribution in [0.4, 0.5) is 17.1 Å². The lowest BCUT2D eigenvalue weighted by molar-refractivity contribution is 0.0602. The number of nitrogens with one attached hydrogen (secondary N) is 2. The second-order valence-corrected chi connectivity index (χ2v) is 6.35. The van der Waals surface area contributed by atoms with Gasteiger partial charge in [-0.15, -0.1) is 0 Å². The predicted octanol–water partition coefficient (Wildman–Crippen LogP) is 4.48. The van der Waals surface area contributed by atoms with Crippen LogP contribution in [0.25, 0.3) is 0 Å². The van der Waals surface area contributed by atoms with Crippen LogP contribution in [0.5, 0.6) is 0 Å². The molecule has 3 aromatic rings. The number of anilines is 3. The van der Waals surface area contributed by atoms with E-state index in [9.17, 15) is 9.59 Å². The Kier molecular flexibility index (Phi) is 5.69. The smallest absolute Gasteiger partial charge is 0.339 e. The van der Waals surface area contributed by atoms with Gasteiger partial charge in [-0.1, -0.05) is 18.2 Å². The lowest BCUT2D eigenvalue weighted by atomic mass is 10.1. The first-order chi connectivity index (χ1) is 13.5. The van der Waals surface area contributed by atoms with Crippen molar-refractivity contribution in [3.8, 4) is 0 Å². The third kappa shape index (κ3) is 4.35. The van der Waals surface area contributed by atoms with Gasteiger partial charge in [-0.3, -0.25) is 4.79 Å². The standard InChI is InChI=1S/C22H21N3O3/c1-14-8-9-16(12-15(14)2)24-17-10-11-20(23-13-17)21(26)25-19-7-5-4-6-18(19)22(27)28-3/h4-13,24H,1-3H3,(H,25,26). The number of amides is 1. The van der Waals surface area contributed by atoms with E-state index in [0.29, 0.717) is 5.69 Å². The first kappa shape index (κ1) is 19.1. The van der Waals surface area contributed by atoms with Crippen molar-refractivity contribution in [3.05, 3.63) is 83.2 Å². The summed E-state index contributed by atoms with van der Waals surface area (Å²) < 4.78 is 4.74. The molecule has 2 aromatic carbocycles. The number of para-hydroxylation sites is 1. The van der Waals surface area contributed by atoms with Crippen molar-refractivity contribution in [1.82, 2.24) is 4.98 Å². The van der Waals surface area contributed by atoms with Gasteiger partial charge >= 0.3 is 5.97 Å². The van der Waals surface area contributed by atoms with Crippen LogP contribution in [0.15, 0.2) is 60.8 Å². The van der Waals surface area contributed by atoms with Gasteiger partial charge in [0.05, 0.1) is 30.2 Å². The average Bonchev–Trinajstić information content (AvgIpc) is 2.71. The maximum Gasteiger partial charge on any atom is 0.339 e. The molecule has 0 saturated heterocycles. The largest absolute Gasteiger partial charge is 0.465 e. The molecule has 0 bridgehead atoms. The zero-order valence-corrected chi connectivity index (χ0v) is 15.9. The van der Waals surface area contributed by atoms with E-state index >= 15 is 0 Å². The highest BCUT2D eigenvalue weighted by molar-refractivity contribution is 6.07. The molecular weight excluding hydrogens is 354 g/mol. The van der Waals surface area contributed by atoms with Crippen molar-refractivity contribution in [1.29, 1.82) is 0 Å². The zero-order valence-electron chi connectivity index (χ0n) is 15.9. The molecule has 1 heterocycles. The van der Waals surface area contributed by atoms with Crippen molar-refractivity contribution >= 4 is 28.9 Å². The van der Waals surface area contributed by atoms with Crippen molar-refractivity contribution in [3.63, 3.8) is 0 Å². The average molecular weight is 375 g/mol. The Labute approximate surface area is 163 Å². The SMILES string of the molecule is COC(=O)c1ccccc1NC(=O)c1ccc(Nc2ccc(C)c(C)c2)cn1. The molecule has 0 spiro atoms. The molecule has 142 valence electrons. The summed E-state index contributed by atoms with van der Waals surface area (Å²) in [5.74, 6) is -0.925. The van der Waals surface area contributed by atoms with Gasteiger partial charge in [0.15, 0.2) is 0 Å². The van der Waals surface area contributed by atoms with Crippen LogP contribution in [0.1, 0.15) is 32.0 Å². The quantitative estimate of drug-likeness (QED) is 0.643. The van der Waals surface area contributed by atoms with E-state index in [2.05, 4.69) is 35.5 Å². The molecule has 28 heavy (non-hydrogen) atoms. The van der Waals surface area contributed by atoms with Crippen LogP contribution in [0, 0.1) is 13.8 Å². The zero-order chi connectivity index (χ0) is 20.1. The lowest BCUT2D eigenvalue weighted by Crippen LogP contribution is -2.16. The molecule has 6 heteroatoms. The van der Waals surface area contributed by atoms with Gasteiger partial charge in [-0.05, 0) is 61.4 Å². The number of hydrogen-bond donors (Lipinski definition) is 2. The monoisotopic (exact) mass is 375 g/mol. The number of pyridine rings is 1. The molecule has 0 aliphatic heterocycles. The minimum Gasteiger partial charge on any atom is -0.465 e. The summed E-state index contributed by atoms with van der Waals surface area (Å²) in [6, 6.07) is 16.2. The number of esters is 1. The minimum absolute atomic E-state index is 0.241. The molecule has 0 aliphatic carbocycles. The Morgan fingerprint density at radius 1 is 0.929 bits per heavy atom. The second-order valence-electron chi connectivity index (χ2n) is 6.35. The second kappa shape index (κ2) is 8.35. The lowest BCUT2D eigenvalue weighted by Gasteiger charge is -2.11. The van der Waals surface area contributed by atoms with E-state index in [1.165, 1.54) is 18.2 Å². The maximum absolute atomic E-state index is 12.5. The molecule has 2 N–H and O–H groups in total. The molecule has 0 atom stereocenters. The number of carbonyl (C=O) groups is 2. The van der Waals surface area contributed by atoms with Crippen molar-refractivity contribution in [2.45, 2.75) is 13.8 Å². The third-order valence-corrected chi connectivity index (χ3v) is 4.37. The van der Waals surface area contributed by atoms with Crippen molar-refractivity contribution in [2.24, 2.45) is 0 Å². The highest BCUT2D eigenvalue weighted by Gasteiger charge is 2.15. The van der Waals surface area contributed by atoms with E-state index in [0.717, 1.165) is 11.4 Å². The summed E-state index contributed by atoms with van der Waals surface area (Å²) in [5.41, 5.74) is 5.04. The van der Waals surface area contributed by atoms with Crippen LogP contribution >= 0.6 is 0 Å². The van der Waals surface area contributed by atoms with Gasteiger partial charge in [0.1, 0.15) is 5.69 Å². The maximum atomic E-state index is 12.5. The Bertz CT molecular complexity index is 1010. The van der Waals surface area contributed by atoms with Crippen LogP contribution in [-0.4, -0.2) is 24.0 Å². The molecular formula is C22H21N3O3. The van der Waals surface area contributed by atoms with Crippen LogP contribution in [0.2, 0.25) is 0 Å². The van der Waals surface area contributed by atoms with E-state index < -0.39 is 11.9 Å². The Morgan fingerprint density at radius 2 is 1.68 bits per heavy atom. The van der Waals surface area contributed by atoms with Gasteiger partial charge in [-0.25, -0.2) is 9.78 Å². The van der Waals surface area contributed by atoms with Crippen molar-refractivity contribution in [2.75, 3.05) is 17.7 Å². The first-order valence-electron chi connectivity index (χ1n) is 8.77. The molecule has 0 aliphatic rings. The fraction of sp³-hybridized carbons (Fsp3) is 0.136. The van der Waals surface area contributed by atoms with Gasteiger partial charge in [0.2, 0.25) is 0 Å². The molecule has 0 fully saturated rings. The first-order valence-corrected chi connectivity index (χ1v) is 8.77. The third-order valence-electron chi connectivity index (χ3n) is 4.37. The number of aryl methyl sites for hydroxylation is 2. The summed E-state index contributed by atoms with van der Waals surface area (Å²) in [4.78, 5) is 28.5. The fourth-order valence-corrected chi connectivity index (χ4v) is 2.65. The van der Waals surface area contributed by atoms with Crippen LogP contribution in [-0.2, 0) is 4.74 Å². The summed E-state index contributed by atoms with van der Waals surface area (Å²) in [6.07, 6.45) is 1.59. The normalized spacial score (nSPS) is 10.2. The van der Waals surface area contributed by atoms with Gasteiger partial charge in [0, 0.05) is 5.69 Å². The van der Waals surface area contributed by atoms with E-state index in [-0.39, 0.29) is 11.3 Å². The summed E-state index contributed by atoms with van der Waals surface area (Å²) in [6.45, 7) is 4.12. The molecule has 1 amide bonds. The summed E-state index contributed by atoms with van der Waals surface area (Å²) in [7, 11) is 1.30. The number of benzene rings is 2. The number of rotatable bonds is 5. The molecule has 6 nitrogen and oxygen atoms in total. The topological polar surface area (TPSA) is 80.3 Å². The fourth-order valence-electron chi connectivity index (χ4n) is 2.65. The number of nitrogens with zero attached hydrogens (tertiary/aromatic N) is 1. The Balaban J connectivity index is 1.72. The predicted molar refractivity (Wildman–Crippen MR) is 109 cm³/mol. The number of ether oxygens (including phenoxy) is 1. The number of carbonyl (C=O) groups excluding carboxylic acids is 2. The highest BCUT2D eigenvalue weighted by atomic mass is 16.5. The summed E-state index contributed by atoms with van der Waals surface area (Å²) >= 11 is 0. The van der Waals surface area contributed by atoms with Crippen LogP contribution in [0.3, 0.4) is 0 Å². The molecule has 0 unspecified atom stereocenters.